The number of carbonyl (C=O) groups excluding carboxylic acids is 2. The molecule has 0 saturated heterocycles. The molecule has 1 amide bonds. The largest absolute Gasteiger partial charge is 0.465 e. The van der Waals surface area contributed by atoms with Gasteiger partial charge in [0.15, 0.2) is 0 Å². The summed E-state index contributed by atoms with van der Waals surface area (Å²) in [5.41, 5.74) is 0.360. The lowest BCUT2D eigenvalue weighted by Crippen LogP contribution is -2.36. The van der Waals surface area contributed by atoms with Crippen LogP contribution in [0.25, 0.3) is 0 Å². The maximum absolute atomic E-state index is 12.0. The molecule has 1 heterocycles. The first-order valence-corrected chi connectivity index (χ1v) is 5.39. The molecule has 0 unspecified atom stereocenters. The van der Waals surface area contributed by atoms with Crippen molar-refractivity contribution in [1.29, 1.82) is 0 Å². The highest BCUT2D eigenvalue weighted by molar-refractivity contribution is 5.95. The molecule has 1 aromatic heterocycles. The zero-order valence-electron chi connectivity index (χ0n) is 9.92. The summed E-state index contributed by atoms with van der Waals surface area (Å²) >= 11 is 0. The second-order valence-corrected chi connectivity index (χ2v) is 3.25. The smallest absolute Gasteiger partial charge is 0.325 e. The lowest BCUT2D eigenvalue weighted by molar-refractivity contribution is -0.143. The van der Waals surface area contributed by atoms with E-state index >= 15 is 0 Å². The fourth-order valence-electron chi connectivity index (χ4n) is 1.28. The number of aromatic nitrogens is 2. The number of esters is 1. The fourth-order valence-corrected chi connectivity index (χ4v) is 1.28. The highest BCUT2D eigenvalue weighted by atomic mass is 16.5. The van der Waals surface area contributed by atoms with E-state index in [1.54, 1.807) is 13.8 Å². The Morgan fingerprint density at radius 2 is 1.94 bits per heavy atom. The Hall–Kier alpha value is -1.98. The Balaban J connectivity index is 2.68. The summed E-state index contributed by atoms with van der Waals surface area (Å²) in [6, 6.07) is 0. The van der Waals surface area contributed by atoms with Gasteiger partial charge in [0.05, 0.1) is 12.2 Å². The SMILES string of the molecule is CCOC(=O)CN(CC)C(=O)c1cncnc1. The normalized spacial score (nSPS) is 9.76. The van der Waals surface area contributed by atoms with Gasteiger partial charge in [-0.15, -0.1) is 0 Å². The molecule has 17 heavy (non-hydrogen) atoms. The van der Waals surface area contributed by atoms with Crippen LogP contribution < -0.4 is 0 Å². The molecular formula is C11H15N3O3. The third-order valence-electron chi connectivity index (χ3n) is 2.10. The number of nitrogens with zero attached hydrogens (tertiary/aromatic N) is 3. The molecule has 1 aromatic rings. The van der Waals surface area contributed by atoms with Gasteiger partial charge in [0.2, 0.25) is 0 Å². The average molecular weight is 237 g/mol. The van der Waals surface area contributed by atoms with Gasteiger partial charge in [0, 0.05) is 18.9 Å². The van der Waals surface area contributed by atoms with Gasteiger partial charge in [-0.1, -0.05) is 0 Å². The first-order valence-electron chi connectivity index (χ1n) is 5.39. The Bertz CT molecular complexity index is 381. The standard InChI is InChI=1S/C11H15N3O3/c1-3-14(7-10(15)17-4-2)11(16)9-5-12-8-13-6-9/h5-6,8H,3-4,7H2,1-2H3. The van der Waals surface area contributed by atoms with Crippen molar-refractivity contribution < 1.29 is 14.3 Å². The molecule has 0 saturated carbocycles. The minimum Gasteiger partial charge on any atom is -0.465 e. The number of rotatable bonds is 5. The van der Waals surface area contributed by atoms with E-state index < -0.39 is 5.97 Å². The minimum absolute atomic E-state index is 0.0575. The zero-order valence-corrected chi connectivity index (χ0v) is 9.92. The summed E-state index contributed by atoms with van der Waals surface area (Å²) in [7, 11) is 0. The molecule has 0 spiro atoms. The second-order valence-electron chi connectivity index (χ2n) is 3.25. The molecular weight excluding hydrogens is 222 g/mol. The van der Waals surface area contributed by atoms with Crippen molar-refractivity contribution in [3.05, 3.63) is 24.3 Å². The molecule has 92 valence electrons. The van der Waals surface area contributed by atoms with E-state index in [4.69, 9.17) is 4.74 Å². The monoisotopic (exact) mass is 237 g/mol. The lowest BCUT2D eigenvalue weighted by atomic mass is 10.3. The topological polar surface area (TPSA) is 72.4 Å². The van der Waals surface area contributed by atoms with E-state index in [0.717, 1.165) is 0 Å². The van der Waals surface area contributed by atoms with Gasteiger partial charge < -0.3 is 9.64 Å². The Morgan fingerprint density at radius 1 is 1.29 bits per heavy atom. The zero-order chi connectivity index (χ0) is 12.7. The first-order chi connectivity index (χ1) is 8.19. The van der Waals surface area contributed by atoms with Gasteiger partial charge in [0.1, 0.15) is 12.9 Å². The number of amides is 1. The number of hydrogen-bond donors (Lipinski definition) is 0. The van der Waals surface area contributed by atoms with E-state index in [9.17, 15) is 9.59 Å². The van der Waals surface area contributed by atoms with Crippen LogP contribution in [0.15, 0.2) is 18.7 Å². The number of carbonyl (C=O) groups is 2. The van der Waals surface area contributed by atoms with Crippen molar-refractivity contribution >= 4 is 11.9 Å². The molecule has 0 aromatic carbocycles. The van der Waals surface area contributed by atoms with Crippen molar-refractivity contribution in [3.8, 4) is 0 Å². The summed E-state index contributed by atoms with van der Waals surface area (Å²) in [6.45, 7) is 4.19. The van der Waals surface area contributed by atoms with Crippen molar-refractivity contribution in [2.45, 2.75) is 13.8 Å². The van der Waals surface area contributed by atoms with Crippen LogP contribution in [-0.4, -0.2) is 46.4 Å². The van der Waals surface area contributed by atoms with Gasteiger partial charge in [-0.3, -0.25) is 9.59 Å². The van der Waals surface area contributed by atoms with Crippen LogP contribution in [0.1, 0.15) is 24.2 Å². The van der Waals surface area contributed by atoms with Crippen LogP contribution >= 0.6 is 0 Å². The maximum atomic E-state index is 12.0. The van der Waals surface area contributed by atoms with Crippen molar-refractivity contribution in [3.63, 3.8) is 0 Å². The van der Waals surface area contributed by atoms with Crippen molar-refractivity contribution in [2.24, 2.45) is 0 Å². The van der Waals surface area contributed by atoms with Crippen LogP contribution in [-0.2, 0) is 9.53 Å². The maximum Gasteiger partial charge on any atom is 0.325 e. The van der Waals surface area contributed by atoms with Crippen molar-refractivity contribution in [1.82, 2.24) is 14.9 Å². The molecule has 6 heteroatoms. The van der Waals surface area contributed by atoms with Gasteiger partial charge in [-0.05, 0) is 13.8 Å². The van der Waals surface area contributed by atoms with Crippen LogP contribution in [0.3, 0.4) is 0 Å². The molecule has 0 N–H and O–H groups in total. The summed E-state index contributed by atoms with van der Waals surface area (Å²) < 4.78 is 4.80. The number of likely N-dealkylation sites (N-methyl/N-ethyl adjacent to an activating group) is 1. The van der Waals surface area contributed by atoms with Crippen LogP contribution in [0.5, 0.6) is 0 Å². The van der Waals surface area contributed by atoms with Crippen LogP contribution in [0.2, 0.25) is 0 Å². The summed E-state index contributed by atoms with van der Waals surface area (Å²) in [5.74, 6) is -0.694. The highest BCUT2D eigenvalue weighted by Crippen LogP contribution is 2.01. The van der Waals surface area contributed by atoms with Crippen LogP contribution in [0, 0.1) is 0 Å². The van der Waals surface area contributed by atoms with E-state index in [0.29, 0.717) is 18.7 Å². The molecule has 0 aliphatic rings. The van der Waals surface area contributed by atoms with E-state index in [2.05, 4.69) is 9.97 Å². The van der Waals surface area contributed by atoms with Gasteiger partial charge in [-0.25, -0.2) is 9.97 Å². The highest BCUT2D eigenvalue weighted by Gasteiger charge is 2.18. The third-order valence-corrected chi connectivity index (χ3v) is 2.10. The van der Waals surface area contributed by atoms with E-state index in [-0.39, 0.29) is 12.5 Å². The van der Waals surface area contributed by atoms with Gasteiger partial charge >= 0.3 is 5.97 Å². The number of ether oxygens (including phenoxy) is 1. The lowest BCUT2D eigenvalue weighted by Gasteiger charge is -2.19. The van der Waals surface area contributed by atoms with E-state index in [1.165, 1.54) is 23.6 Å². The predicted molar refractivity (Wildman–Crippen MR) is 60.2 cm³/mol. The predicted octanol–water partition coefficient (Wildman–Crippen LogP) is 0.502. The first kappa shape index (κ1) is 13.1. The van der Waals surface area contributed by atoms with Crippen molar-refractivity contribution in [2.75, 3.05) is 19.7 Å². The average Bonchev–Trinajstić information content (AvgIpc) is 2.36. The summed E-state index contributed by atoms with van der Waals surface area (Å²) in [6.07, 6.45) is 4.19. The third kappa shape index (κ3) is 3.82. The summed E-state index contributed by atoms with van der Waals surface area (Å²) in [4.78, 5) is 32.2. The summed E-state index contributed by atoms with van der Waals surface area (Å²) in [5, 5.41) is 0. The van der Waals surface area contributed by atoms with Gasteiger partial charge in [-0.2, -0.15) is 0 Å². The molecule has 0 atom stereocenters. The van der Waals surface area contributed by atoms with Gasteiger partial charge in [0.25, 0.3) is 5.91 Å². The minimum atomic E-state index is -0.417. The quantitative estimate of drug-likeness (QED) is 0.697. The fraction of sp³-hybridized carbons (Fsp3) is 0.455. The van der Waals surface area contributed by atoms with Crippen LogP contribution in [0.4, 0.5) is 0 Å². The molecule has 0 fully saturated rings. The second kappa shape index (κ2) is 6.57. The Kier molecular flexibility index (Phi) is 5.06. The Morgan fingerprint density at radius 3 is 2.47 bits per heavy atom. The molecule has 0 radical (unpaired) electrons. The molecule has 0 bridgehead atoms. The molecule has 0 aliphatic heterocycles. The molecule has 0 aliphatic carbocycles. The van der Waals surface area contributed by atoms with E-state index in [1.807, 2.05) is 0 Å². The number of hydrogen-bond acceptors (Lipinski definition) is 5. The molecule has 6 nitrogen and oxygen atoms in total. The Labute approximate surface area is 99.6 Å². The molecule has 1 rings (SSSR count).